The zero-order valence-corrected chi connectivity index (χ0v) is 12.5. The molecule has 0 amide bonds. The third kappa shape index (κ3) is 2.65. The largest absolute Gasteiger partial charge is 0.331 e. The van der Waals surface area contributed by atoms with Gasteiger partial charge in [0.2, 0.25) is 0 Å². The number of hydrogen-bond donors (Lipinski definition) is 1. The fourth-order valence-corrected chi connectivity index (χ4v) is 3.52. The zero-order valence-electron chi connectivity index (χ0n) is 11.7. The smallest absolute Gasteiger partial charge is 0.178 e. The highest BCUT2D eigenvalue weighted by Crippen LogP contribution is 2.22. The molecule has 1 fully saturated rings. The lowest BCUT2D eigenvalue weighted by Gasteiger charge is -2.29. The van der Waals surface area contributed by atoms with Gasteiger partial charge in [-0.2, -0.15) is 0 Å². The fourth-order valence-electron chi connectivity index (χ4n) is 3.13. The minimum absolute atomic E-state index is 0.217. The van der Waals surface area contributed by atoms with Crippen LogP contribution in [0, 0.1) is 10.6 Å². The first-order valence-electron chi connectivity index (χ1n) is 7.27. The number of hydrogen-bond acceptors (Lipinski definition) is 2. The topological polar surface area (TPSA) is 24.0 Å². The number of fused-ring (bicyclic) bond motifs is 1. The van der Waals surface area contributed by atoms with E-state index in [4.69, 9.17) is 12.2 Å². The summed E-state index contributed by atoms with van der Waals surface area (Å²) in [4.78, 5) is 5.65. The lowest BCUT2D eigenvalue weighted by Crippen LogP contribution is -2.34. The van der Waals surface area contributed by atoms with E-state index >= 15 is 0 Å². The lowest BCUT2D eigenvalue weighted by molar-refractivity contribution is 0.202. The van der Waals surface area contributed by atoms with Gasteiger partial charge in [0, 0.05) is 12.6 Å². The molecule has 1 aromatic heterocycles. The average molecular weight is 293 g/mol. The number of halogens is 1. The van der Waals surface area contributed by atoms with Crippen LogP contribution in [0.25, 0.3) is 11.0 Å². The van der Waals surface area contributed by atoms with Crippen molar-refractivity contribution in [2.45, 2.75) is 32.2 Å². The molecule has 2 heterocycles. The lowest BCUT2D eigenvalue weighted by atomic mass is 10.1. The van der Waals surface area contributed by atoms with E-state index in [0.29, 0.717) is 4.77 Å². The molecule has 0 bridgehead atoms. The summed E-state index contributed by atoms with van der Waals surface area (Å²) >= 11 is 5.41. The molecule has 0 saturated carbocycles. The van der Waals surface area contributed by atoms with E-state index in [1.54, 1.807) is 12.1 Å². The van der Waals surface area contributed by atoms with E-state index in [1.807, 2.05) is 4.57 Å². The maximum Gasteiger partial charge on any atom is 0.178 e. The Morgan fingerprint density at radius 3 is 2.80 bits per heavy atom. The third-order valence-electron chi connectivity index (χ3n) is 4.09. The van der Waals surface area contributed by atoms with Crippen LogP contribution < -0.4 is 0 Å². The number of benzene rings is 1. The molecular weight excluding hydrogens is 273 g/mol. The predicted octanol–water partition coefficient (Wildman–Crippen LogP) is 3.88. The van der Waals surface area contributed by atoms with Crippen molar-refractivity contribution in [1.82, 2.24) is 14.5 Å². The molecule has 1 saturated heterocycles. The monoisotopic (exact) mass is 293 g/mol. The second kappa shape index (κ2) is 5.66. The van der Waals surface area contributed by atoms with E-state index in [1.165, 1.54) is 25.3 Å². The zero-order chi connectivity index (χ0) is 14.1. The molecule has 3 nitrogen and oxygen atoms in total. The summed E-state index contributed by atoms with van der Waals surface area (Å²) in [5.41, 5.74) is 1.77. The second-order valence-corrected chi connectivity index (χ2v) is 6.06. The van der Waals surface area contributed by atoms with Crippen molar-refractivity contribution < 1.29 is 4.39 Å². The molecule has 1 N–H and O–H groups in total. The van der Waals surface area contributed by atoms with Crippen LogP contribution in [-0.2, 0) is 0 Å². The molecule has 1 unspecified atom stereocenters. The first-order chi connectivity index (χ1) is 9.65. The van der Waals surface area contributed by atoms with Gasteiger partial charge in [0.25, 0.3) is 0 Å². The minimum atomic E-state index is -0.217. The summed E-state index contributed by atoms with van der Waals surface area (Å²) in [7, 11) is 0. The van der Waals surface area contributed by atoms with Crippen LogP contribution in [0.2, 0.25) is 0 Å². The van der Waals surface area contributed by atoms with Gasteiger partial charge < -0.3 is 14.5 Å². The fraction of sp³-hybridized carbons (Fsp3) is 0.533. The van der Waals surface area contributed by atoms with Gasteiger partial charge >= 0.3 is 0 Å². The Bertz CT molecular complexity index is 655. The van der Waals surface area contributed by atoms with Crippen LogP contribution in [0.4, 0.5) is 4.39 Å². The maximum absolute atomic E-state index is 13.5. The first-order valence-corrected chi connectivity index (χ1v) is 7.68. The Balaban J connectivity index is 1.90. The molecule has 1 aromatic carbocycles. The first kappa shape index (κ1) is 13.8. The van der Waals surface area contributed by atoms with Crippen molar-refractivity contribution in [3.8, 4) is 0 Å². The van der Waals surface area contributed by atoms with Crippen LogP contribution in [0.5, 0.6) is 0 Å². The van der Waals surface area contributed by atoms with Gasteiger partial charge in [-0.1, -0.05) is 6.42 Å². The predicted molar refractivity (Wildman–Crippen MR) is 82.1 cm³/mol. The Kier molecular flexibility index (Phi) is 3.89. The van der Waals surface area contributed by atoms with Crippen molar-refractivity contribution in [3.05, 3.63) is 28.8 Å². The average Bonchev–Trinajstić information content (AvgIpc) is 2.75. The van der Waals surface area contributed by atoms with Crippen LogP contribution in [0.1, 0.15) is 32.2 Å². The van der Waals surface area contributed by atoms with Crippen LogP contribution >= 0.6 is 12.2 Å². The van der Waals surface area contributed by atoms with E-state index < -0.39 is 0 Å². The Morgan fingerprint density at radius 2 is 2.05 bits per heavy atom. The van der Waals surface area contributed by atoms with Crippen LogP contribution in [0.3, 0.4) is 0 Å². The number of aromatic amines is 1. The van der Waals surface area contributed by atoms with Crippen molar-refractivity contribution in [2.24, 2.45) is 0 Å². The summed E-state index contributed by atoms with van der Waals surface area (Å²) in [6.45, 7) is 5.45. The molecule has 0 radical (unpaired) electrons. The van der Waals surface area contributed by atoms with Crippen LogP contribution in [-0.4, -0.2) is 34.1 Å². The standard InChI is InChI=1S/C15H20FN3S/c1-11(10-18-7-3-2-4-8-18)19-14-9-12(16)5-6-13(14)17-15(19)20/h5-6,9,11H,2-4,7-8,10H2,1H3,(H,17,20). The number of nitrogens with one attached hydrogen (secondary N) is 1. The summed E-state index contributed by atoms with van der Waals surface area (Å²) in [5.74, 6) is -0.217. The van der Waals surface area contributed by atoms with Gasteiger partial charge in [0.1, 0.15) is 5.82 Å². The molecule has 2 aromatic rings. The number of rotatable bonds is 3. The van der Waals surface area contributed by atoms with Gasteiger partial charge in [-0.3, -0.25) is 0 Å². The quantitative estimate of drug-likeness (QED) is 0.868. The normalized spacial score (nSPS) is 18.5. The van der Waals surface area contributed by atoms with Crippen molar-refractivity contribution in [1.29, 1.82) is 0 Å². The molecule has 3 rings (SSSR count). The number of likely N-dealkylation sites (tertiary alicyclic amines) is 1. The van der Waals surface area contributed by atoms with E-state index in [2.05, 4.69) is 16.8 Å². The van der Waals surface area contributed by atoms with E-state index in [-0.39, 0.29) is 11.9 Å². The minimum Gasteiger partial charge on any atom is -0.331 e. The van der Waals surface area contributed by atoms with Gasteiger partial charge in [0.15, 0.2) is 4.77 Å². The SMILES string of the molecule is CC(CN1CCCCC1)n1c(=S)[nH]c2ccc(F)cc21. The number of piperidine rings is 1. The summed E-state index contributed by atoms with van der Waals surface area (Å²) in [6, 6.07) is 5.03. The highest BCUT2D eigenvalue weighted by molar-refractivity contribution is 7.71. The highest BCUT2D eigenvalue weighted by atomic mass is 32.1. The van der Waals surface area contributed by atoms with E-state index in [0.717, 1.165) is 30.7 Å². The van der Waals surface area contributed by atoms with Gasteiger partial charge in [-0.05, 0) is 63.3 Å². The number of nitrogens with zero attached hydrogens (tertiary/aromatic N) is 2. The highest BCUT2D eigenvalue weighted by Gasteiger charge is 2.17. The van der Waals surface area contributed by atoms with Crippen LogP contribution in [0.15, 0.2) is 18.2 Å². The Hall–Kier alpha value is -1.20. The molecule has 5 heteroatoms. The van der Waals surface area contributed by atoms with Gasteiger partial charge in [-0.25, -0.2) is 4.39 Å². The molecule has 20 heavy (non-hydrogen) atoms. The molecule has 108 valence electrons. The summed E-state index contributed by atoms with van der Waals surface area (Å²) in [6.07, 6.45) is 3.89. The number of H-pyrrole nitrogens is 1. The number of aromatic nitrogens is 2. The Morgan fingerprint density at radius 1 is 1.30 bits per heavy atom. The Labute approximate surface area is 123 Å². The molecule has 1 aliphatic heterocycles. The third-order valence-corrected chi connectivity index (χ3v) is 4.39. The van der Waals surface area contributed by atoms with Gasteiger partial charge in [-0.15, -0.1) is 0 Å². The second-order valence-electron chi connectivity index (χ2n) is 5.67. The number of imidazole rings is 1. The molecule has 1 aliphatic rings. The molecule has 0 aliphatic carbocycles. The molecular formula is C15H20FN3S. The molecule has 0 spiro atoms. The van der Waals surface area contributed by atoms with Gasteiger partial charge in [0.05, 0.1) is 11.0 Å². The molecule has 1 atom stereocenters. The maximum atomic E-state index is 13.5. The summed E-state index contributed by atoms with van der Waals surface area (Å²) < 4.78 is 16.2. The van der Waals surface area contributed by atoms with Crippen molar-refractivity contribution in [2.75, 3.05) is 19.6 Å². The van der Waals surface area contributed by atoms with Crippen molar-refractivity contribution in [3.63, 3.8) is 0 Å². The van der Waals surface area contributed by atoms with E-state index in [9.17, 15) is 4.39 Å². The van der Waals surface area contributed by atoms with Crippen molar-refractivity contribution >= 4 is 23.3 Å². The summed E-state index contributed by atoms with van der Waals surface area (Å²) in [5, 5.41) is 0.